The number of carbonyl (C=O) groups excluding carboxylic acids is 1. The van der Waals surface area contributed by atoms with Gasteiger partial charge in [-0.2, -0.15) is 0 Å². The second-order valence-electron chi connectivity index (χ2n) is 6.79. The van der Waals surface area contributed by atoms with Crippen molar-refractivity contribution in [2.24, 2.45) is 0 Å². The highest BCUT2D eigenvalue weighted by molar-refractivity contribution is 5.68. The molecule has 0 saturated carbocycles. The molecule has 22 heavy (non-hydrogen) atoms. The monoisotopic (exact) mass is 307 g/mol. The van der Waals surface area contributed by atoms with Crippen LogP contribution in [0.3, 0.4) is 0 Å². The SMILES string of the molecule is CC(O)CC1Cc2cccc(CNC(=O)OC(C)(C)C)c2O1. The van der Waals surface area contributed by atoms with Crippen LogP contribution in [0.2, 0.25) is 0 Å². The first-order valence-corrected chi connectivity index (χ1v) is 7.67. The zero-order valence-corrected chi connectivity index (χ0v) is 13.7. The Balaban J connectivity index is 1.97. The molecule has 0 radical (unpaired) electrons. The van der Waals surface area contributed by atoms with Gasteiger partial charge in [0.05, 0.1) is 6.10 Å². The molecule has 2 unspecified atom stereocenters. The zero-order chi connectivity index (χ0) is 16.3. The lowest BCUT2D eigenvalue weighted by Crippen LogP contribution is -2.32. The molecule has 0 fully saturated rings. The fourth-order valence-corrected chi connectivity index (χ4v) is 2.54. The van der Waals surface area contributed by atoms with E-state index in [4.69, 9.17) is 9.47 Å². The first-order chi connectivity index (χ1) is 10.2. The number of hydrogen-bond acceptors (Lipinski definition) is 4. The number of amides is 1. The lowest BCUT2D eigenvalue weighted by molar-refractivity contribution is 0.0523. The number of nitrogens with one attached hydrogen (secondary N) is 1. The molecular weight excluding hydrogens is 282 g/mol. The number of carbonyl (C=O) groups is 1. The average molecular weight is 307 g/mol. The molecule has 0 spiro atoms. The lowest BCUT2D eigenvalue weighted by Gasteiger charge is -2.20. The maximum absolute atomic E-state index is 11.7. The summed E-state index contributed by atoms with van der Waals surface area (Å²) in [5.41, 5.74) is 1.53. The van der Waals surface area contributed by atoms with Crippen LogP contribution in [0.4, 0.5) is 4.79 Å². The molecule has 1 aromatic carbocycles. The van der Waals surface area contributed by atoms with E-state index in [0.29, 0.717) is 13.0 Å². The summed E-state index contributed by atoms with van der Waals surface area (Å²) in [6.07, 6.45) is 0.567. The van der Waals surface area contributed by atoms with E-state index >= 15 is 0 Å². The van der Waals surface area contributed by atoms with Gasteiger partial charge in [-0.25, -0.2) is 4.79 Å². The van der Waals surface area contributed by atoms with Gasteiger partial charge in [-0.05, 0) is 33.3 Å². The van der Waals surface area contributed by atoms with Gasteiger partial charge in [-0.15, -0.1) is 0 Å². The van der Waals surface area contributed by atoms with Crippen molar-refractivity contribution in [3.63, 3.8) is 0 Å². The molecule has 1 amide bonds. The van der Waals surface area contributed by atoms with Gasteiger partial charge in [0.2, 0.25) is 0 Å². The van der Waals surface area contributed by atoms with Crippen LogP contribution in [0.15, 0.2) is 18.2 Å². The van der Waals surface area contributed by atoms with Crippen molar-refractivity contribution in [2.75, 3.05) is 0 Å². The quantitative estimate of drug-likeness (QED) is 0.897. The largest absolute Gasteiger partial charge is 0.489 e. The summed E-state index contributed by atoms with van der Waals surface area (Å²) < 4.78 is 11.2. The molecule has 5 nitrogen and oxygen atoms in total. The summed E-state index contributed by atoms with van der Waals surface area (Å²) in [5, 5.41) is 12.2. The molecule has 0 aromatic heterocycles. The summed E-state index contributed by atoms with van der Waals surface area (Å²) in [4.78, 5) is 11.7. The number of alkyl carbamates (subject to hydrolysis) is 1. The highest BCUT2D eigenvalue weighted by atomic mass is 16.6. The fourth-order valence-electron chi connectivity index (χ4n) is 2.54. The molecule has 122 valence electrons. The molecule has 0 bridgehead atoms. The molecule has 0 aliphatic carbocycles. The topological polar surface area (TPSA) is 67.8 Å². The third kappa shape index (κ3) is 4.63. The molecule has 2 rings (SSSR count). The van der Waals surface area contributed by atoms with E-state index in [9.17, 15) is 9.90 Å². The lowest BCUT2D eigenvalue weighted by atomic mass is 10.0. The van der Waals surface area contributed by atoms with Gasteiger partial charge in [0, 0.05) is 24.9 Å². The smallest absolute Gasteiger partial charge is 0.407 e. The van der Waals surface area contributed by atoms with Crippen LogP contribution < -0.4 is 10.1 Å². The maximum Gasteiger partial charge on any atom is 0.407 e. The molecule has 1 aromatic rings. The van der Waals surface area contributed by atoms with Gasteiger partial charge in [0.15, 0.2) is 0 Å². The highest BCUT2D eigenvalue weighted by Crippen LogP contribution is 2.34. The van der Waals surface area contributed by atoms with Crippen LogP contribution in [0.25, 0.3) is 0 Å². The van der Waals surface area contributed by atoms with Crippen molar-refractivity contribution in [1.29, 1.82) is 0 Å². The van der Waals surface area contributed by atoms with Gasteiger partial charge in [0.25, 0.3) is 0 Å². The average Bonchev–Trinajstić information content (AvgIpc) is 2.75. The number of ether oxygens (including phenoxy) is 2. The van der Waals surface area contributed by atoms with Crippen molar-refractivity contribution >= 4 is 6.09 Å². The second-order valence-corrected chi connectivity index (χ2v) is 6.79. The summed E-state index contributed by atoms with van der Waals surface area (Å²) in [5.74, 6) is 0.823. The minimum atomic E-state index is -0.512. The standard InChI is InChI=1S/C17H25NO4/c1-11(19)8-14-9-12-6-5-7-13(15(12)21-14)10-18-16(20)22-17(2,3)4/h5-7,11,14,19H,8-10H2,1-4H3,(H,18,20). The predicted octanol–water partition coefficient (Wildman–Crippen LogP) is 2.79. The van der Waals surface area contributed by atoms with Crippen LogP contribution in [-0.4, -0.2) is 29.0 Å². The third-order valence-corrected chi connectivity index (χ3v) is 3.34. The summed E-state index contributed by atoms with van der Waals surface area (Å²) >= 11 is 0. The zero-order valence-electron chi connectivity index (χ0n) is 13.7. The number of aliphatic hydroxyl groups is 1. The first kappa shape index (κ1) is 16.6. The number of fused-ring (bicyclic) bond motifs is 1. The maximum atomic E-state index is 11.7. The van der Waals surface area contributed by atoms with E-state index in [-0.39, 0.29) is 12.2 Å². The Morgan fingerprint density at radius 1 is 1.50 bits per heavy atom. The predicted molar refractivity (Wildman–Crippen MR) is 83.9 cm³/mol. The molecule has 2 N–H and O–H groups in total. The van der Waals surface area contributed by atoms with Gasteiger partial charge in [0.1, 0.15) is 17.5 Å². The normalized spacial score (nSPS) is 18.3. The third-order valence-electron chi connectivity index (χ3n) is 3.34. The van der Waals surface area contributed by atoms with Crippen molar-refractivity contribution in [3.05, 3.63) is 29.3 Å². The van der Waals surface area contributed by atoms with E-state index in [0.717, 1.165) is 23.3 Å². The van der Waals surface area contributed by atoms with Gasteiger partial charge in [-0.3, -0.25) is 0 Å². The molecule has 2 atom stereocenters. The van der Waals surface area contributed by atoms with Crippen LogP contribution in [0.5, 0.6) is 5.75 Å². The minimum absolute atomic E-state index is 0.00215. The van der Waals surface area contributed by atoms with Gasteiger partial charge in [-0.1, -0.05) is 18.2 Å². The van der Waals surface area contributed by atoms with E-state index in [1.54, 1.807) is 6.92 Å². The molecule has 1 aliphatic heterocycles. The van der Waals surface area contributed by atoms with E-state index in [1.807, 2.05) is 39.0 Å². The Morgan fingerprint density at radius 3 is 2.86 bits per heavy atom. The molecule has 1 heterocycles. The number of hydrogen-bond donors (Lipinski definition) is 2. The summed E-state index contributed by atoms with van der Waals surface area (Å²) in [6.45, 7) is 7.61. The Labute approximate surface area is 131 Å². The highest BCUT2D eigenvalue weighted by Gasteiger charge is 2.26. The Bertz CT molecular complexity index is 534. The van der Waals surface area contributed by atoms with Crippen LogP contribution in [0.1, 0.15) is 45.2 Å². The van der Waals surface area contributed by atoms with Crippen molar-refractivity contribution < 1.29 is 19.4 Å². The van der Waals surface area contributed by atoms with E-state index in [1.165, 1.54) is 0 Å². The summed E-state index contributed by atoms with van der Waals surface area (Å²) in [7, 11) is 0. The van der Waals surface area contributed by atoms with Crippen LogP contribution >= 0.6 is 0 Å². The minimum Gasteiger partial charge on any atom is -0.489 e. The Kier molecular flexibility index (Phi) is 4.96. The van der Waals surface area contributed by atoms with Gasteiger partial charge >= 0.3 is 6.09 Å². The van der Waals surface area contributed by atoms with Gasteiger partial charge < -0.3 is 19.9 Å². The number of aliphatic hydroxyl groups excluding tert-OH is 1. The number of benzene rings is 1. The Morgan fingerprint density at radius 2 is 2.23 bits per heavy atom. The van der Waals surface area contributed by atoms with E-state index < -0.39 is 11.7 Å². The van der Waals surface area contributed by atoms with Crippen molar-refractivity contribution in [1.82, 2.24) is 5.32 Å². The molecule has 1 aliphatic rings. The number of rotatable bonds is 4. The van der Waals surface area contributed by atoms with Crippen LogP contribution in [0, 0.1) is 0 Å². The molecular formula is C17H25NO4. The second kappa shape index (κ2) is 6.57. The van der Waals surface area contributed by atoms with Crippen molar-refractivity contribution in [3.8, 4) is 5.75 Å². The van der Waals surface area contributed by atoms with E-state index in [2.05, 4.69) is 5.32 Å². The Hall–Kier alpha value is -1.75. The fraction of sp³-hybridized carbons (Fsp3) is 0.588. The summed E-state index contributed by atoms with van der Waals surface area (Å²) in [6, 6.07) is 5.91. The molecule has 5 heteroatoms. The van der Waals surface area contributed by atoms with Crippen LogP contribution in [-0.2, 0) is 17.7 Å². The van der Waals surface area contributed by atoms with Crippen molar-refractivity contribution in [2.45, 2.75) is 64.9 Å². The first-order valence-electron chi connectivity index (χ1n) is 7.67. The number of para-hydroxylation sites is 1. The molecule has 0 saturated heterocycles.